The predicted molar refractivity (Wildman–Crippen MR) is 73.5 cm³/mol. The van der Waals surface area contributed by atoms with Crippen LogP contribution >= 0.6 is 0 Å². The van der Waals surface area contributed by atoms with E-state index in [0.29, 0.717) is 12.1 Å². The summed E-state index contributed by atoms with van der Waals surface area (Å²) in [6.07, 6.45) is 5.54. The van der Waals surface area contributed by atoms with Crippen LogP contribution in [0.15, 0.2) is 0 Å². The van der Waals surface area contributed by atoms with Gasteiger partial charge in [-0.05, 0) is 26.3 Å². The van der Waals surface area contributed by atoms with Crippen LogP contribution in [-0.4, -0.2) is 49.8 Å². The maximum atomic E-state index is 5.70. The Bertz CT molecular complexity index is 187. The number of unbranched alkanes of at least 4 members (excludes halogenated alkanes) is 2. The number of rotatable bonds is 8. The fourth-order valence-corrected chi connectivity index (χ4v) is 2.33. The first kappa shape index (κ1) is 14.9. The van der Waals surface area contributed by atoms with Gasteiger partial charge in [-0.3, -0.25) is 4.90 Å². The molecule has 1 rings (SSSR count). The van der Waals surface area contributed by atoms with Crippen molar-refractivity contribution in [1.29, 1.82) is 0 Å². The van der Waals surface area contributed by atoms with E-state index in [4.69, 9.17) is 4.74 Å². The van der Waals surface area contributed by atoms with Gasteiger partial charge in [0.15, 0.2) is 0 Å². The summed E-state index contributed by atoms with van der Waals surface area (Å²) in [4.78, 5) is 2.56. The number of ether oxygens (including phenoxy) is 1. The van der Waals surface area contributed by atoms with Gasteiger partial charge < -0.3 is 10.1 Å². The Hall–Kier alpha value is -0.120. The van der Waals surface area contributed by atoms with E-state index >= 15 is 0 Å². The van der Waals surface area contributed by atoms with E-state index in [9.17, 15) is 0 Å². The molecule has 17 heavy (non-hydrogen) atoms. The summed E-state index contributed by atoms with van der Waals surface area (Å²) in [5.74, 6) is 0. The van der Waals surface area contributed by atoms with E-state index in [1.165, 1.54) is 25.8 Å². The van der Waals surface area contributed by atoms with Crippen molar-refractivity contribution >= 4 is 0 Å². The van der Waals surface area contributed by atoms with Crippen molar-refractivity contribution in [2.45, 2.75) is 58.6 Å². The summed E-state index contributed by atoms with van der Waals surface area (Å²) in [5, 5.41) is 3.57. The molecule has 0 aromatic rings. The predicted octanol–water partition coefficient (Wildman–Crippen LogP) is 2.27. The maximum Gasteiger partial charge on any atom is 0.0700 e. The van der Waals surface area contributed by atoms with Gasteiger partial charge in [-0.25, -0.2) is 0 Å². The fourth-order valence-electron chi connectivity index (χ4n) is 2.33. The largest absolute Gasteiger partial charge is 0.376 e. The molecule has 0 saturated carbocycles. The van der Waals surface area contributed by atoms with Crippen molar-refractivity contribution in [2.75, 3.05) is 32.8 Å². The first-order valence-corrected chi connectivity index (χ1v) is 7.34. The average Bonchev–Trinajstić information content (AvgIpc) is 2.38. The van der Waals surface area contributed by atoms with E-state index < -0.39 is 0 Å². The summed E-state index contributed by atoms with van der Waals surface area (Å²) in [7, 11) is 0. The first-order valence-electron chi connectivity index (χ1n) is 7.34. The highest BCUT2D eigenvalue weighted by Gasteiger charge is 2.22. The molecule has 0 spiro atoms. The molecule has 1 N–H and O–H groups in total. The molecular weight excluding hydrogens is 212 g/mol. The second-order valence-corrected chi connectivity index (χ2v) is 5.16. The molecule has 2 atom stereocenters. The van der Waals surface area contributed by atoms with Gasteiger partial charge in [0.1, 0.15) is 0 Å². The molecule has 2 unspecified atom stereocenters. The molecule has 102 valence electrons. The van der Waals surface area contributed by atoms with E-state index in [2.05, 4.69) is 31.0 Å². The van der Waals surface area contributed by atoms with Crippen LogP contribution in [0.3, 0.4) is 0 Å². The monoisotopic (exact) mass is 242 g/mol. The lowest BCUT2D eigenvalue weighted by Crippen LogP contribution is -2.49. The maximum absolute atomic E-state index is 5.70. The summed E-state index contributed by atoms with van der Waals surface area (Å²) < 4.78 is 5.70. The van der Waals surface area contributed by atoms with E-state index in [1.807, 2.05) is 0 Å². The zero-order valence-electron chi connectivity index (χ0n) is 11.9. The smallest absolute Gasteiger partial charge is 0.0700 e. The van der Waals surface area contributed by atoms with Crippen LogP contribution in [0.1, 0.15) is 46.5 Å². The van der Waals surface area contributed by atoms with Crippen molar-refractivity contribution in [2.24, 2.45) is 0 Å². The van der Waals surface area contributed by atoms with Crippen LogP contribution in [0, 0.1) is 0 Å². The van der Waals surface area contributed by atoms with Gasteiger partial charge in [-0.1, -0.05) is 26.7 Å². The minimum absolute atomic E-state index is 0.450. The highest BCUT2D eigenvalue weighted by atomic mass is 16.5. The number of nitrogens with one attached hydrogen (secondary N) is 1. The third-order valence-corrected chi connectivity index (χ3v) is 3.65. The van der Waals surface area contributed by atoms with Crippen LogP contribution in [-0.2, 0) is 4.74 Å². The molecule has 1 saturated heterocycles. The Morgan fingerprint density at radius 3 is 2.88 bits per heavy atom. The Morgan fingerprint density at radius 1 is 1.35 bits per heavy atom. The molecule has 3 heteroatoms. The summed E-state index contributed by atoms with van der Waals surface area (Å²) >= 11 is 0. The summed E-state index contributed by atoms with van der Waals surface area (Å²) in [5.41, 5.74) is 0. The van der Waals surface area contributed by atoms with Gasteiger partial charge in [0.25, 0.3) is 0 Å². The zero-order valence-corrected chi connectivity index (χ0v) is 11.9. The Balaban J connectivity index is 2.11. The van der Waals surface area contributed by atoms with Crippen LogP contribution in [0.5, 0.6) is 0 Å². The van der Waals surface area contributed by atoms with E-state index in [-0.39, 0.29) is 0 Å². The normalized spacial score (nSPS) is 23.8. The lowest BCUT2D eigenvalue weighted by molar-refractivity contribution is -0.0416. The van der Waals surface area contributed by atoms with Gasteiger partial charge in [-0.2, -0.15) is 0 Å². The molecule has 3 nitrogen and oxygen atoms in total. The van der Waals surface area contributed by atoms with Crippen LogP contribution in [0.2, 0.25) is 0 Å². The lowest BCUT2D eigenvalue weighted by Gasteiger charge is -2.36. The summed E-state index contributed by atoms with van der Waals surface area (Å²) in [6.45, 7) is 12.2. The van der Waals surface area contributed by atoms with Gasteiger partial charge in [0, 0.05) is 25.7 Å². The van der Waals surface area contributed by atoms with Gasteiger partial charge in [0.2, 0.25) is 0 Å². The zero-order chi connectivity index (χ0) is 12.5. The fraction of sp³-hybridized carbons (Fsp3) is 1.00. The number of hydrogen-bond donors (Lipinski definition) is 1. The van der Waals surface area contributed by atoms with Crippen LogP contribution in [0.4, 0.5) is 0 Å². The number of morpholine rings is 1. The Labute approximate surface area is 107 Å². The highest BCUT2D eigenvalue weighted by molar-refractivity contribution is 4.76. The van der Waals surface area contributed by atoms with Crippen molar-refractivity contribution < 1.29 is 4.74 Å². The molecular formula is C14H30N2O. The highest BCUT2D eigenvalue weighted by Crippen LogP contribution is 2.10. The molecule has 1 aliphatic rings. The molecule has 0 amide bonds. The molecule has 0 aromatic heterocycles. The molecule has 1 fully saturated rings. The topological polar surface area (TPSA) is 24.5 Å². The molecule has 0 aliphatic carbocycles. The van der Waals surface area contributed by atoms with Crippen molar-refractivity contribution in [3.8, 4) is 0 Å². The van der Waals surface area contributed by atoms with Gasteiger partial charge >= 0.3 is 0 Å². The first-order chi connectivity index (χ1) is 8.27. The Morgan fingerprint density at radius 2 is 2.18 bits per heavy atom. The van der Waals surface area contributed by atoms with E-state index in [0.717, 1.165) is 32.7 Å². The minimum atomic E-state index is 0.450. The minimum Gasteiger partial charge on any atom is -0.376 e. The molecule has 0 aromatic carbocycles. The SMILES string of the molecule is CCCCCNCC(C)N1CCOC(CC)C1. The quantitative estimate of drug-likeness (QED) is 0.661. The van der Waals surface area contributed by atoms with Crippen molar-refractivity contribution in [3.05, 3.63) is 0 Å². The molecule has 1 heterocycles. The summed E-state index contributed by atoms with van der Waals surface area (Å²) in [6, 6.07) is 0.634. The molecule has 0 bridgehead atoms. The van der Waals surface area contributed by atoms with Gasteiger partial charge in [-0.15, -0.1) is 0 Å². The number of nitrogens with zero attached hydrogens (tertiary/aromatic N) is 1. The molecule has 0 radical (unpaired) electrons. The standard InChI is InChI=1S/C14H30N2O/c1-4-6-7-8-15-11-13(3)16-9-10-17-14(5-2)12-16/h13-15H,4-12H2,1-3H3. The van der Waals surface area contributed by atoms with Crippen LogP contribution in [0.25, 0.3) is 0 Å². The third-order valence-electron chi connectivity index (χ3n) is 3.65. The Kier molecular flexibility index (Phi) is 7.82. The third kappa shape index (κ3) is 5.84. The second kappa shape index (κ2) is 8.90. The molecule has 1 aliphatic heterocycles. The lowest BCUT2D eigenvalue weighted by atomic mass is 10.1. The van der Waals surface area contributed by atoms with E-state index in [1.54, 1.807) is 0 Å². The second-order valence-electron chi connectivity index (χ2n) is 5.16. The number of hydrogen-bond acceptors (Lipinski definition) is 3. The van der Waals surface area contributed by atoms with Crippen molar-refractivity contribution in [1.82, 2.24) is 10.2 Å². The average molecular weight is 242 g/mol. The van der Waals surface area contributed by atoms with Gasteiger partial charge in [0.05, 0.1) is 12.7 Å². The van der Waals surface area contributed by atoms with Crippen LogP contribution < -0.4 is 5.32 Å². The van der Waals surface area contributed by atoms with Crippen molar-refractivity contribution in [3.63, 3.8) is 0 Å².